The van der Waals surface area contributed by atoms with Crippen molar-refractivity contribution in [3.8, 4) is 33.6 Å². The Morgan fingerprint density at radius 2 is 1.38 bits per heavy atom. The van der Waals surface area contributed by atoms with Gasteiger partial charge in [-0.25, -0.2) is 0 Å². The third kappa shape index (κ3) is 7.84. The molecule has 3 nitrogen and oxygen atoms in total. The summed E-state index contributed by atoms with van der Waals surface area (Å²) in [5, 5.41) is 2.22. The average molecular weight is 896 g/mol. The Hall–Kier alpha value is -4.35. The van der Waals surface area contributed by atoms with Crippen molar-refractivity contribution in [2.24, 2.45) is 5.92 Å². The maximum atomic E-state index is 6.48. The molecule has 7 rings (SSSR count). The second-order valence-corrected chi connectivity index (χ2v) is 25.0. The number of fused-ring (bicyclic) bond motifs is 3. The third-order valence-corrected chi connectivity index (χ3v) is 13.3. The molecule has 0 fully saturated rings. The van der Waals surface area contributed by atoms with Crippen LogP contribution in [0.2, 0.25) is 17.3 Å². The van der Waals surface area contributed by atoms with Crippen LogP contribution in [-0.4, -0.2) is 13.3 Å². The summed E-state index contributed by atoms with van der Waals surface area (Å²) in [6, 6.07) is 38.0. The molecule has 0 bridgehead atoms. The van der Waals surface area contributed by atoms with Crippen molar-refractivity contribution in [1.29, 1.82) is 0 Å². The summed E-state index contributed by atoms with van der Waals surface area (Å²) >= 11 is -1.78. The fourth-order valence-electron chi connectivity index (χ4n) is 6.36. The van der Waals surface area contributed by atoms with Gasteiger partial charge < -0.3 is 8.98 Å². The number of benzene rings is 4. The minimum absolute atomic E-state index is 0. The fraction of sp³-hybridized carbons (Fsp3) is 0.156. The number of furan rings is 1. The number of rotatable bonds is 6. The van der Waals surface area contributed by atoms with Crippen LogP contribution in [0.1, 0.15) is 30.5 Å². The molecule has 5 heteroatoms. The number of hydrogen-bond donors (Lipinski definition) is 0. The molecule has 0 spiro atoms. The molecule has 0 N–H and O–H groups in total. The molecule has 50 heavy (non-hydrogen) atoms. The molecule has 1 radical (unpaired) electrons. The first-order valence-corrected chi connectivity index (χ1v) is 24.3. The van der Waals surface area contributed by atoms with E-state index in [0.717, 1.165) is 67.6 Å². The Morgan fingerprint density at radius 1 is 0.680 bits per heavy atom. The van der Waals surface area contributed by atoms with E-state index in [-0.39, 0.29) is 20.1 Å². The van der Waals surface area contributed by atoms with E-state index in [2.05, 4.69) is 150 Å². The fourth-order valence-corrected chi connectivity index (χ4v) is 8.73. The number of hydrogen-bond acceptors (Lipinski definition) is 1. The zero-order chi connectivity index (χ0) is 34.9. The molecule has 0 saturated carbocycles. The molecule has 7 aromatic rings. The van der Waals surface area contributed by atoms with Crippen molar-refractivity contribution in [3.05, 3.63) is 166 Å². The monoisotopic (exact) mass is 897 g/mol. The van der Waals surface area contributed by atoms with Gasteiger partial charge in [0.1, 0.15) is 5.58 Å². The van der Waals surface area contributed by atoms with Gasteiger partial charge in [-0.05, 0) is 35.6 Å². The molecule has 0 aliphatic heterocycles. The topological polar surface area (TPSA) is 20.9 Å². The molecule has 3 heterocycles. The van der Waals surface area contributed by atoms with Crippen LogP contribution in [0.25, 0.3) is 55.6 Å². The van der Waals surface area contributed by atoms with E-state index in [9.17, 15) is 0 Å². The first-order chi connectivity index (χ1) is 23.4. The molecule has 0 unspecified atom stereocenters. The van der Waals surface area contributed by atoms with Crippen LogP contribution in [0, 0.1) is 33.9 Å². The number of nitrogens with zero attached hydrogens (tertiary/aromatic N) is 2. The predicted octanol–water partition coefficient (Wildman–Crippen LogP) is 10.2. The summed E-state index contributed by atoms with van der Waals surface area (Å²) in [6.45, 7) is 12.9. The van der Waals surface area contributed by atoms with E-state index < -0.39 is 13.3 Å². The van der Waals surface area contributed by atoms with Crippen LogP contribution in [-0.2, 0) is 26.5 Å². The van der Waals surface area contributed by atoms with Crippen LogP contribution in [0.15, 0.2) is 126 Å². The molecule has 0 aliphatic carbocycles. The molecule has 257 valence electrons. The second-order valence-electron chi connectivity index (χ2n) is 14.3. The van der Waals surface area contributed by atoms with E-state index in [0.29, 0.717) is 5.92 Å². The molecule has 0 saturated heterocycles. The van der Waals surface area contributed by atoms with Crippen molar-refractivity contribution in [3.63, 3.8) is 0 Å². The van der Waals surface area contributed by atoms with Crippen molar-refractivity contribution >= 4 is 39.6 Å². The average Bonchev–Trinajstić information content (AvgIpc) is 3.44. The maximum absolute atomic E-state index is 6.48. The summed E-state index contributed by atoms with van der Waals surface area (Å²) in [4.78, 5) is 0. The van der Waals surface area contributed by atoms with Crippen LogP contribution in [0.5, 0.6) is 0 Å². The van der Waals surface area contributed by atoms with Gasteiger partial charge in [0.25, 0.3) is 0 Å². The van der Waals surface area contributed by atoms with Crippen molar-refractivity contribution < 1.29 is 33.7 Å². The SMILES string of the molecule is [CH2-]c1ccc2c(oc3cc(-c4ccccc4)ccc32)c1-c1cc(CC(C)C)cc[n+]1[CH2-].[CH2-]c1ccccc1-c1cc[c]([Ge]([CH3])([CH3])[CH3])c[n+]1[CH2-].[Ir]. The van der Waals surface area contributed by atoms with E-state index in [1.165, 1.54) is 15.5 Å². The maximum Gasteiger partial charge on any atom is 0 e. The van der Waals surface area contributed by atoms with Crippen molar-refractivity contribution in [1.82, 2.24) is 0 Å². The van der Waals surface area contributed by atoms with Crippen molar-refractivity contribution in [2.45, 2.75) is 37.5 Å². The normalized spacial score (nSPS) is 11.3. The summed E-state index contributed by atoms with van der Waals surface area (Å²) < 4.78 is 11.8. The third-order valence-electron chi connectivity index (χ3n) is 9.02. The Kier molecular flexibility index (Phi) is 11.3. The van der Waals surface area contributed by atoms with Crippen LogP contribution < -0.4 is 13.5 Å². The van der Waals surface area contributed by atoms with Crippen LogP contribution in [0.4, 0.5) is 0 Å². The predicted molar refractivity (Wildman–Crippen MR) is 209 cm³/mol. The van der Waals surface area contributed by atoms with Crippen LogP contribution in [0.3, 0.4) is 0 Å². The van der Waals surface area contributed by atoms with Crippen LogP contribution >= 0.6 is 0 Å². The molecule has 0 aliphatic rings. The van der Waals surface area contributed by atoms with E-state index in [4.69, 9.17) is 4.42 Å². The Labute approximate surface area is 314 Å². The van der Waals surface area contributed by atoms with Gasteiger partial charge >= 0.3 is 113 Å². The molecular weight excluding hydrogens is 849 g/mol. The first-order valence-electron chi connectivity index (χ1n) is 16.9. The molecule has 0 amide bonds. The van der Waals surface area contributed by atoms with Gasteiger partial charge in [0.2, 0.25) is 0 Å². The zero-order valence-corrected chi connectivity index (χ0v) is 34.3. The molecule has 4 aromatic carbocycles. The quantitative estimate of drug-likeness (QED) is 0.0926. The van der Waals surface area contributed by atoms with Gasteiger partial charge in [-0.1, -0.05) is 73.5 Å². The minimum atomic E-state index is -1.78. The van der Waals surface area contributed by atoms with E-state index in [1.807, 2.05) is 39.6 Å². The summed E-state index contributed by atoms with van der Waals surface area (Å²) in [6.07, 6.45) is 5.24. The van der Waals surface area contributed by atoms with Gasteiger partial charge in [-0.2, -0.15) is 18.6 Å². The van der Waals surface area contributed by atoms with Gasteiger partial charge in [-0.15, -0.1) is 6.07 Å². The summed E-state index contributed by atoms with van der Waals surface area (Å²) in [7, 11) is 8.35. The second kappa shape index (κ2) is 15.3. The number of aromatic nitrogens is 2. The summed E-state index contributed by atoms with van der Waals surface area (Å²) in [5.41, 5.74) is 11.7. The van der Waals surface area contributed by atoms with E-state index >= 15 is 0 Å². The Morgan fingerprint density at radius 3 is 2.06 bits per heavy atom. The largest absolute Gasteiger partial charge is 0 e. The van der Waals surface area contributed by atoms with Gasteiger partial charge in [0.15, 0.2) is 0 Å². The Bertz CT molecular complexity index is 2260. The van der Waals surface area contributed by atoms with E-state index in [1.54, 1.807) is 0 Å². The van der Waals surface area contributed by atoms with Gasteiger partial charge in [0, 0.05) is 37.9 Å². The summed E-state index contributed by atoms with van der Waals surface area (Å²) in [5.74, 6) is 7.77. The zero-order valence-electron chi connectivity index (χ0n) is 29.8. The van der Waals surface area contributed by atoms with Gasteiger partial charge in [0.05, 0.1) is 17.5 Å². The van der Waals surface area contributed by atoms with Gasteiger partial charge in [-0.3, -0.25) is 0 Å². The Balaban J connectivity index is 0.000000219. The molecular formula is C45H46GeIrN2O-2. The standard InChI is InChI=1S/C29H26NO.C16H20GeN.Ir/c1-19(2)16-21-14-15-30(4)26(17-21)28-20(3)10-12-25-24-13-11-23(18-27(24)31-29(25)28)22-8-6-5-7-9-22;1-13-8-6-7-9-15(13)16-11-10-14(12-18(16)5)17(2,3)4;/h5-15,17-19H,3-4,16H2,1-2H3;6-12H,1,5H2,2-4H3;/q2*-1;. The van der Waals surface area contributed by atoms with Crippen molar-refractivity contribution in [2.75, 3.05) is 0 Å². The molecule has 0 atom stereocenters. The smallest absolute Gasteiger partial charge is 0 e. The molecule has 3 aromatic heterocycles. The first kappa shape index (κ1) is 36.9. The minimum Gasteiger partial charge on any atom is 0 e. The number of pyridine rings is 2.